The molecule has 1 aliphatic heterocycles. The molecule has 1 aliphatic carbocycles. The van der Waals surface area contributed by atoms with E-state index in [9.17, 15) is 13.6 Å². The van der Waals surface area contributed by atoms with Crippen molar-refractivity contribution >= 4 is 17.2 Å². The fourth-order valence-electron chi connectivity index (χ4n) is 4.60. The highest BCUT2D eigenvalue weighted by Crippen LogP contribution is 2.31. The number of hydrogen-bond acceptors (Lipinski definition) is 6. The Bertz CT molecular complexity index is 895. The first-order valence-corrected chi connectivity index (χ1v) is 12.1. The van der Waals surface area contributed by atoms with Crippen molar-refractivity contribution < 1.29 is 18.3 Å². The molecule has 2 aromatic heterocycles. The fourth-order valence-corrected chi connectivity index (χ4v) is 5.52. The van der Waals surface area contributed by atoms with Gasteiger partial charge in [0.2, 0.25) is 5.91 Å². The van der Waals surface area contributed by atoms with Crippen molar-refractivity contribution in [1.29, 1.82) is 0 Å². The number of aromatic nitrogens is 3. The van der Waals surface area contributed by atoms with E-state index in [-0.39, 0.29) is 11.9 Å². The largest absolute Gasteiger partial charge is 0.464 e. The molecule has 176 valence electrons. The molecular formula is C22H31F2N5O2S. The summed E-state index contributed by atoms with van der Waals surface area (Å²) in [6.07, 6.45) is 7.91. The van der Waals surface area contributed by atoms with E-state index in [1.165, 1.54) is 11.3 Å². The van der Waals surface area contributed by atoms with Crippen LogP contribution in [-0.4, -0.2) is 57.7 Å². The fraction of sp³-hybridized carbons (Fsp3) is 0.682. The molecule has 7 nitrogen and oxygen atoms in total. The molecule has 0 bridgehead atoms. The monoisotopic (exact) mass is 467 g/mol. The number of halogens is 2. The zero-order valence-electron chi connectivity index (χ0n) is 18.4. The highest BCUT2D eigenvalue weighted by atomic mass is 32.1. The predicted molar refractivity (Wildman–Crippen MR) is 118 cm³/mol. The lowest BCUT2D eigenvalue weighted by atomic mass is 9.84. The summed E-state index contributed by atoms with van der Waals surface area (Å²) in [5, 5.41) is 7.65. The molecule has 0 atom stereocenters. The van der Waals surface area contributed by atoms with E-state index < -0.39 is 13.0 Å². The van der Waals surface area contributed by atoms with E-state index in [0.717, 1.165) is 74.3 Å². The van der Waals surface area contributed by atoms with Crippen molar-refractivity contribution in [1.82, 2.24) is 25.0 Å². The van der Waals surface area contributed by atoms with Crippen LogP contribution in [0.2, 0.25) is 0 Å². The normalized spacial score (nSPS) is 21.5. The Morgan fingerprint density at radius 2 is 2.16 bits per heavy atom. The van der Waals surface area contributed by atoms with E-state index in [2.05, 4.69) is 20.3 Å². The van der Waals surface area contributed by atoms with Crippen LogP contribution in [0, 0.1) is 5.92 Å². The van der Waals surface area contributed by atoms with Crippen LogP contribution < -0.4 is 10.1 Å². The summed E-state index contributed by atoms with van der Waals surface area (Å²) < 4.78 is 31.5. The first kappa shape index (κ1) is 23.1. The second-order valence-corrected chi connectivity index (χ2v) is 9.90. The van der Waals surface area contributed by atoms with Gasteiger partial charge < -0.3 is 10.1 Å². The van der Waals surface area contributed by atoms with E-state index in [1.54, 1.807) is 10.9 Å². The minimum atomic E-state index is -2.48. The van der Waals surface area contributed by atoms with Gasteiger partial charge in [0.15, 0.2) is 6.61 Å². The molecule has 0 spiro atoms. The number of nitrogens with zero attached hydrogens (tertiary/aromatic N) is 4. The minimum Gasteiger partial charge on any atom is -0.464 e. The maximum atomic E-state index is 12.3. The third kappa shape index (κ3) is 6.48. The number of rotatable bonds is 9. The topological polar surface area (TPSA) is 72.3 Å². The number of fused-ring (bicyclic) bond motifs is 1. The Kier molecular flexibility index (Phi) is 7.72. The number of nitrogens with one attached hydrogen (secondary N) is 1. The van der Waals surface area contributed by atoms with Gasteiger partial charge in [-0.2, -0.15) is 5.10 Å². The molecule has 1 fully saturated rings. The molecule has 2 aromatic rings. The highest BCUT2D eigenvalue weighted by Gasteiger charge is 2.25. The SMILES string of the molecule is Cn1cc(CC(=O)N[C@H]2CC[C@H](CCN3CCc4sc(OCC(F)F)nc4C3)CC2)cn1. The standard InChI is InChI=1S/C22H31F2N5O2S/c1-28-12-16(11-25-28)10-21(30)26-17-4-2-15(3-5-17)6-8-29-9-7-19-18(13-29)27-22(32-19)31-14-20(23)24/h11-12,15,17,20H,2-10,13-14H2,1H3,(H,26,30)/t15-,17-. The third-order valence-electron chi connectivity index (χ3n) is 6.31. The first-order valence-electron chi connectivity index (χ1n) is 11.3. The Morgan fingerprint density at radius 3 is 2.88 bits per heavy atom. The Hall–Kier alpha value is -2.07. The average Bonchev–Trinajstić information content (AvgIpc) is 3.36. The molecule has 1 N–H and O–H groups in total. The molecule has 0 saturated heterocycles. The van der Waals surface area contributed by atoms with Gasteiger partial charge in [0, 0.05) is 37.3 Å². The molecule has 1 saturated carbocycles. The predicted octanol–water partition coefficient (Wildman–Crippen LogP) is 3.19. The van der Waals surface area contributed by atoms with Gasteiger partial charge in [-0.15, -0.1) is 0 Å². The van der Waals surface area contributed by atoms with Crippen molar-refractivity contribution in [3.8, 4) is 5.19 Å². The molecule has 0 aromatic carbocycles. The van der Waals surface area contributed by atoms with Crippen molar-refractivity contribution in [2.45, 2.75) is 64.0 Å². The van der Waals surface area contributed by atoms with Crippen molar-refractivity contribution in [3.05, 3.63) is 28.5 Å². The van der Waals surface area contributed by atoms with E-state index in [4.69, 9.17) is 4.74 Å². The van der Waals surface area contributed by atoms with Gasteiger partial charge >= 0.3 is 0 Å². The number of hydrogen-bond donors (Lipinski definition) is 1. The van der Waals surface area contributed by atoms with Crippen molar-refractivity contribution in [3.63, 3.8) is 0 Å². The van der Waals surface area contributed by atoms with Crippen molar-refractivity contribution in [2.75, 3.05) is 19.7 Å². The number of ether oxygens (including phenoxy) is 1. The zero-order chi connectivity index (χ0) is 22.5. The lowest BCUT2D eigenvalue weighted by Gasteiger charge is -2.32. The zero-order valence-corrected chi connectivity index (χ0v) is 19.3. The molecule has 32 heavy (non-hydrogen) atoms. The van der Waals surface area contributed by atoms with Crippen LogP contribution in [-0.2, 0) is 31.2 Å². The summed E-state index contributed by atoms with van der Waals surface area (Å²) in [6.45, 7) is 2.17. The van der Waals surface area contributed by atoms with Gasteiger partial charge in [-0.3, -0.25) is 14.4 Å². The number of carbonyl (C=O) groups is 1. The van der Waals surface area contributed by atoms with E-state index in [1.807, 2.05) is 13.2 Å². The molecular weight excluding hydrogens is 436 g/mol. The van der Waals surface area contributed by atoms with Gasteiger partial charge in [-0.25, -0.2) is 13.8 Å². The summed E-state index contributed by atoms with van der Waals surface area (Å²) in [7, 11) is 1.85. The molecule has 3 heterocycles. The maximum Gasteiger partial charge on any atom is 0.273 e. The van der Waals surface area contributed by atoms with Crippen LogP contribution in [0.3, 0.4) is 0 Å². The minimum absolute atomic E-state index is 0.0748. The maximum absolute atomic E-state index is 12.3. The van der Waals surface area contributed by atoms with E-state index >= 15 is 0 Å². The van der Waals surface area contributed by atoms with Crippen LogP contribution in [0.1, 0.15) is 48.2 Å². The summed E-state index contributed by atoms with van der Waals surface area (Å²) in [6, 6.07) is 0.273. The second kappa shape index (κ2) is 10.7. The van der Waals surface area contributed by atoms with Crippen LogP contribution in [0.4, 0.5) is 8.78 Å². The second-order valence-electron chi connectivity index (χ2n) is 8.85. The number of aryl methyl sites for hydroxylation is 1. The highest BCUT2D eigenvalue weighted by molar-refractivity contribution is 7.13. The molecule has 4 rings (SSSR count). The first-order chi connectivity index (χ1) is 15.4. The van der Waals surface area contributed by atoms with E-state index in [0.29, 0.717) is 17.5 Å². The Labute approximate surface area is 191 Å². The van der Waals surface area contributed by atoms with Crippen LogP contribution in [0.25, 0.3) is 0 Å². The molecule has 0 unspecified atom stereocenters. The molecule has 2 aliphatic rings. The quantitative estimate of drug-likeness (QED) is 0.613. The summed E-state index contributed by atoms with van der Waals surface area (Å²) in [4.78, 5) is 20.3. The molecule has 10 heteroatoms. The van der Waals surface area contributed by atoms with Gasteiger partial charge in [0.25, 0.3) is 11.6 Å². The van der Waals surface area contributed by atoms with Crippen molar-refractivity contribution in [2.24, 2.45) is 13.0 Å². The van der Waals surface area contributed by atoms with Gasteiger partial charge in [0.05, 0.1) is 18.3 Å². The van der Waals surface area contributed by atoms with Crippen LogP contribution in [0.15, 0.2) is 12.4 Å². The van der Waals surface area contributed by atoms with Gasteiger partial charge in [0.1, 0.15) is 0 Å². The summed E-state index contributed by atoms with van der Waals surface area (Å²) in [5.41, 5.74) is 1.92. The average molecular weight is 468 g/mol. The van der Waals surface area contributed by atoms with Gasteiger partial charge in [-0.05, 0) is 56.6 Å². The van der Waals surface area contributed by atoms with Gasteiger partial charge in [-0.1, -0.05) is 11.3 Å². The Balaban J connectivity index is 1.14. The number of amides is 1. The number of alkyl halides is 2. The smallest absolute Gasteiger partial charge is 0.273 e. The van der Waals surface area contributed by atoms with Crippen LogP contribution in [0.5, 0.6) is 5.19 Å². The molecule has 0 radical (unpaired) electrons. The Morgan fingerprint density at radius 1 is 1.34 bits per heavy atom. The number of carbonyl (C=O) groups excluding carboxylic acids is 1. The lowest BCUT2D eigenvalue weighted by Crippen LogP contribution is -2.39. The summed E-state index contributed by atoms with van der Waals surface area (Å²) in [5.74, 6) is 0.758. The third-order valence-corrected chi connectivity index (χ3v) is 7.38. The lowest BCUT2D eigenvalue weighted by molar-refractivity contribution is -0.121. The van der Waals surface area contributed by atoms with Crippen LogP contribution >= 0.6 is 11.3 Å². The molecule has 1 amide bonds. The number of thiazole rings is 1. The summed E-state index contributed by atoms with van der Waals surface area (Å²) >= 11 is 1.40.